The first-order valence-electron chi connectivity index (χ1n) is 10.1. The summed E-state index contributed by atoms with van der Waals surface area (Å²) in [5.41, 5.74) is 2.47. The van der Waals surface area contributed by atoms with Gasteiger partial charge in [-0.25, -0.2) is 4.79 Å². The molecule has 0 bridgehead atoms. The summed E-state index contributed by atoms with van der Waals surface area (Å²) in [4.78, 5) is 31.4. The van der Waals surface area contributed by atoms with E-state index < -0.39 is 0 Å². The fourth-order valence-electron chi connectivity index (χ4n) is 3.52. The van der Waals surface area contributed by atoms with Gasteiger partial charge in [-0.15, -0.1) is 24.0 Å². The average Bonchev–Trinajstić information content (AvgIpc) is 3.34. The van der Waals surface area contributed by atoms with Crippen molar-refractivity contribution in [3.8, 4) is 0 Å². The van der Waals surface area contributed by atoms with Gasteiger partial charge in [-0.2, -0.15) is 0 Å². The highest BCUT2D eigenvalue weighted by Crippen LogP contribution is 2.23. The maximum atomic E-state index is 11.6. The number of hydrogen-bond acceptors (Lipinski definition) is 4. The Morgan fingerprint density at radius 1 is 1.28 bits per heavy atom. The summed E-state index contributed by atoms with van der Waals surface area (Å²) in [7, 11) is 0. The molecule has 2 aliphatic rings. The molecule has 8 nitrogen and oxygen atoms in total. The highest BCUT2D eigenvalue weighted by Gasteiger charge is 2.27. The number of urea groups is 1. The monoisotopic (exact) mass is 514 g/mol. The number of carbonyl (C=O) groups is 2. The molecule has 0 spiro atoms. The van der Waals surface area contributed by atoms with Crippen LogP contribution in [0.5, 0.6) is 0 Å². The van der Waals surface area contributed by atoms with Gasteiger partial charge in [0.25, 0.3) is 0 Å². The van der Waals surface area contributed by atoms with Crippen LogP contribution in [0.4, 0.5) is 10.5 Å². The Hall–Kier alpha value is -2.04. The molecule has 1 unspecified atom stereocenters. The third-order valence-electron chi connectivity index (χ3n) is 5.07. The Morgan fingerprint density at radius 2 is 2.03 bits per heavy atom. The zero-order valence-corrected chi connectivity index (χ0v) is 19.4. The summed E-state index contributed by atoms with van der Waals surface area (Å²) in [6, 6.07) is 8.36. The minimum absolute atomic E-state index is 0. The fraction of sp³-hybridized carbons (Fsp3) is 0.550. The van der Waals surface area contributed by atoms with Gasteiger partial charge < -0.3 is 20.9 Å². The third kappa shape index (κ3) is 6.22. The Bertz CT molecular complexity index is 719. The van der Waals surface area contributed by atoms with Crippen molar-refractivity contribution in [1.29, 1.82) is 0 Å². The Kier molecular flexibility index (Phi) is 8.99. The minimum atomic E-state index is -0.342. The molecule has 3 N–H and O–H groups in total. The number of nitrogens with zero attached hydrogens (tertiary/aromatic N) is 3. The molecule has 9 heteroatoms. The maximum Gasteiger partial charge on any atom is 0.324 e. The van der Waals surface area contributed by atoms with Crippen molar-refractivity contribution in [3.63, 3.8) is 0 Å². The van der Waals surface area contributed by atoms with Crippen LogP contribution in [0.15, 0.2) is 29.3 Å². The normalized spacial score (nSPS) is 17.8. The summed E-state index contributed by atoms with van der Waals surface area (Å²) in [5, 5.41) is 9.16. The van der Waals surface area contributed by atoms with E-state index in [0.29, 0.717) is 12.5 Å². The molecule has 3 amide bonds. The van der Waals surface area contributed by atoms with Crippen molar-refractivity contribution in [1.82, 2.24) is 20.9 Å². The predicted octanol–water partition coefficient (Wildman–Crippen LogP) is 2.07. The first kappa shape index (κ1) is 23.2. The molecule has 1 aromatic carbocycles. The second kappa shape index (κ2) is 11.2. The topological polar surface area (TPSA) is 89.1 Å². The van der Waals surface area contributed by atoms with Crippen LogP contribution in [0.2, 0.25) is 0 Å². The molecule has 1 aromatic rings. The van der Waals surface area contributed by atoms with Crippen molar-refractivity contribution in [3.05, 3.63) is 29.8 Å². The van der Waals surface area contributed by atoms with Gasteiger partial charge in [-0.3, -0.25) is 14.7 Å². The van der Waals surface area contributed by atoms with E-state index in [1.165, 1.54) is 29.0 Å². The molecule has 3 rings (SSSR count). The van der Waals surface area contributed by atoms with E-state index in [1.807, 2.05) is 6.92 Å². The molecule has 0 aromatic heterocycles. The summed E-state index contributed by atoms with van der Waals surface area (Å²) < 4.78 is 0. The molecular weight excluding hydrogens is 483 g/mol. The lowest BCUT2D eigenvalue weighted by Gasteiger charge is -2.22. The molecule has 2 saturated heterocycles. The van der Waals surface area contributed by atoms with E-state index in [-0.39, 0.29) is 55.0 Å². The van der Waals surface area contributed by atoms with E-state index in [9.17, 15) is 9.59 Å². The van der Waals surface area contributed by atoms with Crippen LogP contribution < -0.4 is 20.9 Å². The number of guanidine groups is 1. The van der Waals surface area contributed by atoms with Crippen LogP contribution in [0.25, 0.3) is 0 Å². The minimum Gasteiger partial charge on any atom is -0.372 e. The number of nitrogens with one attached hydrogen (secondary N) is 3. The number of aliphatic imine (C=N–C) groups is 1. The molecule has 1 atom stereocenters. The number of hydrogen-bond donors (Lipinski definition) is 3. The molecule has 160 valence electrons. The van der Waals surface area contributed by atoms with Crippen molar-refractivity contribution in [2.75, 3.05) is 44.2 Å². The smallest absolute Gasteiger partial charge is 0.324 e. The van der Waals surface area contributed by atoms with Crippen LogP contribution in [0.1, 0.15) is 38.3 Å². The first-order valence-corrected chi connectivity index (χ1v) is 10.1. The quantitative estimate of drug-likeness (QED) is 0.225. The predicted molar refractivity (Wildman–Crippen MR) is 126 cm³/mol. The summed E-state index contributed by atoms with van der Waals surface area (Å²) in [6.45, 7) is 7.80. The van der Waals surface area contributed by atoms with Gasteiger partial charge in [0.1, 0.15) is 0 Å². The number of carbonyl (C=O) groups excluding carboxylic acids is 2. The molecule has 2 aliphatic heterocycles. The van der Waals surface area contributed by atoms with Gasteiger partial charge >= 0.3 is 6.03 Å². The SMILES string of the molecule is CCNC(=NCCN1C(=O)CNC1=O)NC(C)c1cccc(N2CCCC2)c1.I. The van der Waals surface area contributed by atoms with Crippen LogP contribution in [0.3, 0.4) is 0 Å². The Balaban J connectivity index is 0.00000300. The van der Waals surface area contributed by atoms with Crippen molar-refractivity contribution < 1.29 is 9.59 Å². The zero-order chi connectivity index (χ0) is 19.9. The van der Waals surface area contributed by atoms with Gasteiger partial charge in [0, 0.05) is 25.3 Å². The van der Waals surface area contributed by atoms with E-state index in [2.05, 4.69) is 57.0 Å². The molecule has 0 radical (unpaired) electrons. The highest BCUT2D eigenvalue weighted by atomic mass is 127. The molecule has 0 saturated carbocycles. The fourth-order valence-corrected chi connectivity index (χ4v) is 3.52. The summed E-state index contributed by atoms with van der Waals surface area (Å²) >= 11 is 0. The zero-order valence-electron chi connectivity index (χ0n) is 17.1. The van der Waals surface area contributed by atoms with Gasteiger partial charge in [0.15, 0.2) is 5.96 Å². The van der Waals surface area contributed by atoms with E-state index in [4.69, 9.17) is 0 Å². The van der Waals surface area contributed by atoms with Crippen molar-refractivity contribution >= 4 is 47.6 Å². The Labute approximate surface area is 189 Å². The number of imide groups is 1. The lowest BCUT2D eigenvalue weighted by Crippen LogP contribution is -2.40. The highest BCUT2D eigenvalue weighted by molar-refractivity contribution is 14.0. The molecule has 2 fully saturated rings. The lowest BCUT2D eigenvalue weighted by atomic mass is 10.1. The first-order chi connectivity index (χ1) is 13.6. The van der Waals surface area contributed by atoms with E-state index in [1.54, 1.807) is 0 Å². The number of halogens is 1. The number of amides is 3. The number of anilines is 1. The van der Waals surface area contributed by atoms with Crippen molar-refractivity contribution in [2.45, 2.75) is 32.7 Å². The lowest BCUT2D eigenvalue weighted by molar-refractivity contribution is -0.124. The van der Waals surface area contributed by atoms with Gasteiger partial charge in [-0.05, 0) is 44.4 Å². The molecule has 2 heterocycles. The van der Waals surface area contributed by atoms with E-state index >= 15 is 0 Å². The molecular formula is C20H31IN6O2. The molecule has 29 heavy (non-hydrogen) atoms. The number of benzene rings is 1. The van der Waals surface area contributed by atoms with E-state index in [0.717, 1.165) is 19.6 Å². The second-order valence-corrected chi connectivity index (χ2v) is 7.12. The van der Waals surface area contributed by atoms with Gasteiger partial charge in [-0.1, -0.05) is 12.1 Å². The average molecular weight is 514 g/mol. The van der Waals surface area contributed by atoms with Crippen LogP contribution in [-0.2, 0) is 4.79 Å². The number of rotatable bonds is 7. The van der Waals surface area contributed by atoms with Crippen LogP contribution in [0, 0.1) is 0 Å². The standard InChI is InChI=1S/C20H30N6O2.HI/c1-3-21-19(22-9-12-26-18(27)14-23-20(26)28)24-15(2)16-7-6-8-17(13-16)25-10-4-5-11-25;/h6-8,13,15H,3-5,9-12,14H2,1-2H3,(H,23,28)(H2,21,22,24);1H. The third-order valence-corrected chi connectivity index (χ3v) is 5.07. The van der Waals surface area contributed by atoms with Crippen LogP contribution >= 0.6 is 24.0 Å². The van der Waals surface area contributed by atoms with Gasteiger partial charge in [0.05, 0.1) is 25.7 Å². The molecule has 0 aliphatic carbocycles. The Morgan fingerprint density at radius 3 is 2.69 bits per heavy atom. The summed E-state index contributed by atoms with van der Waals surface area (Å²) in [6.07, 6.45) is 2.51. The van der Waals surface area contributed by atoms with Gasteiger partial charge in [0.2, 0.25) is 5.91 Å². The largest absolute Gasteiger partial charge is 0.372 e. The van der Waals surface area contributed by atoms with Crippen LogP contribution in [-0.4, -0.2) is 62.1 Å². The summed E-state index contributed by atoms with van der Waals surface area (Å²) in [5.74, 6) is 0.471. The van der Waals surface area contributed by atoms with Crippen molar-refractivity contribution in [2.24, 2.45) is 4.99 Å². The maximum absolute atomic E-state index is 11.6. The second-order valence-electron chi connectivity index (χ2n) is 7.12.